The molecule has 2 aliphatic heterocycles. The molecule has 0 fully saturated rings. The summed E-state index contributed by atoms with van der Waals surface area (Å²) in [5.41, 5.74) is 0.617. The van der Waals surface area contributed by atoms with Gasteiger partial charge in [-0.25, -0.2) is 9.18 Å². The van der Waals surface area contributed by atoms with Crippen molar-refractivity contribution in [3.63, 3.8) is 0 Å². The van der Waals surface area contributed by atoms with Gasteiger partial charge in [-0.3, -0.25) is 4.79 Å². The molecule has 4 amide bonds. The van der Waals surface area contributed by atoms with Crippen LogP contribution in [-0.2, 0) is 9.59 Å². The van der Waals surface area contributed by atoms with Crippen molar-refractivity contribution in [3.05, 3.63) is 40.5 Å². The van der Waals surface area contributed by atoms with Gasteiger partial charge in [0.25, 0.3) is 5.91 Å². The van der Waals surface area contributed by atoms with Crippen LogP contribution in [0.3, 0.4) is 0 Å². The molecule has 2 aliphatic rings. The van der Waals surface area contributed by atoms with Gasteiger partial charge in [0.2, 0.25) is 0 Å². The first-order chi connectivity index (χ1) is 12.9. The van der Waals surface area contributed by atoms with Crippen molar-refractivity contribution in [2.75, 3.05) is 18.4 Å². The summed E-state index contributed by atoms with van der Waals surface area (Å²) in [6.45, 7) is 1.99. The number of imide groups is 1. The van der Waals surface area contributed by atoms with Crippen LogP contribution in [0.1, 0.15) is 19.8 Å². The van der Waals surface area contributed by atoms with Gasteiger partial charge in [0, 0.05) is 0 Å². The van der Waals surface area contributed by atoms with Gasteiger partial charge in [-0.15, -0.1) is 11.8 Å². The molecule has 9 heteroatoms. The second-order valence-corrected chi connectivity index (χ2v) is 7.55. The van der Waals surface area contributed by atoms with E-state index in [1.807, 2.05) is 6.92 Å². The minimum Gasteiger partial charge on any atom is -0.321 e. The Bertz CT molecular complexity index is 871. The molecule has 1 aromatic rings. The number of amides is 4. The van der Waals surface area contributed by atoms with Crippen molar-refractivity contribution in [2.24, 2.45) is 0 Å². The van der Waals surface area contributed by atoms with Crippen LogP contribution in [0.5, 0.6) is 0 Å². The topological polar surface area (TPSA) is 69.5 Å². The summed E-state index contributed by atoms with van der Waals surface area (Å²) in [6.07, 6.45) is 3.20. The number of urea groups is 1. The van der Waals surface area contributed by atoms with Crippen molar-refractivity contribution in [1.82, 2.24) is 4.90 Å². The van der Waals surface area contributed by atoms with Gasteiger partial charge in [0.15, 0.2) is 11.8 Å². The number of hydrogen-bond donors (Lipinski definition) is 1. The Hall–Kier alpha value is -2.19. The molecule has 0 saturated heterocycles. The van der Waals surface area contributed by atoms with E-state index in [2.05, 4.69) is 5.32 Å². The van der Waals surface area contributed by atoms with Crippen LogP contribution in [0, 0.1) is 5.82 Å². The Morgan fingerprint density at radius 2 is 2.19 bits per heavy atom. The number of nitrogens with one attached hydrogen (secondary N) is 1. The molecule has 0 aliphatic carbocycles. The van der Waals surface area contributed by atoms with E-state index in [1.54, 1.807) is 11.5 Å². The minimum absolute atomic E-state index is 0.128. The van der Waals surface area contributed by atoms with Gasteiger partial charge < -0.3 is 5.32 Å². The lowest BCUT2D eigenvalue weighted by Gasteiger charge is -2.24. The number of nitrogens with zero attached hydrogens (tertiary/aromatic N) is 2. The normalized spacial score (nSPS) is 18.9. The van der Waals surface area contributed by atoms with E-state index in [-0.39, 0.29) is 23.2 Å². The summed E-state index contributed by atoms with van der Waals surface area (Å²) in [4.78, 5) is 39.0. The van der Waals surface area contributed by atoms with E-state index < -0.39 is 23.0 Å². The second-order valence-electron chi connectivity index (χ2n) is 6.13. The first kappa shape index (κ1) is 19.6. The fourth-order valence-corrected chi connectivity index (χ4v) is 3.99. The van der Waals surface area contributed by atoms with Crippen molar-refractivity contribution in [3.8, 4) is 0 Å². The maximum Gasteiger partial charge on any atom is 0.501 e. The lowest BCUT2D eigenvalue weighted by molar-refractivity contribution is -0.425. The quantitative estimate of drug-likeness (QED) is 0.731. The molecular weight excluding hydrogens is 393 g/mol. The van der Waals surface area contributed by atoms with Crippen molar-refractivity contribution >= 4 is 52.6 Å². The second kappa shape index (κ2) is 8.22. The van der Waals surface area contributed by atoms with Gasteiger partial charge in [0.05, 0.1) is 17.3 Å². The fraction of sp³-hybridized carbons (Fsp3) is 0.333. The van der Waals surface area contributed by atoms with Gasteiger partial charge in [-0.2, -0.15) is 14.3 Å². The largest absolute Gasteiger partial charge is 0.501 e. The van der Waals surface area contributed by atoms with Crippen LogP contribution in [0.4, 0.5) is 14.9 Å². The van der Waals surface area contributed by atoms with Crippen LogP contribution in [0.25, 0.3) is 0 Å². The Morgan fingerprint density at radius 1 is 1.41 bits per heavy atom. The smallest absolute Gasteiger partial charge is 0.321 e. The summed E-state index contributed by atoms with van der Waals surface area (Å²) >= 11 is 7.27. The highest BCUT2D eigenvalue weighted by Crippen LogP contribution is 2.28. The predicted octanol–water partition coefficient (Wildman–Crippen LogP) is 3.26. The molecular formula is C18H18ClFN3O3S+. The van der Waals surface area contributed by atoms with Gasteiger partial charge in [-0.1, -0.05) is 24.9 Å². The Kier molecular flexibility index (Phi) is 5.96. The third kappa shape index (κ3) is 4.06. The van der Waals surface area contributed by atoms with Crippen LogP contribution in [0.15, 0.2) is 29.7 Å². The Balaban J connectivity index is 1.82. The van der Waals surface area contributed by atoms with Gasteiger partial charge in [-0.05, 0) is 36.1 Å². The number of benzene rings is 1. The molecule has 142 valence electrons. The van der Waals surface area contributed by atoms with E-state index in [4.69, 9.17) is 11.6 Å². The molecule has 1 N–H and O–H groups in total. The zero-order chi connectivity index (χ0) is 19.6. The van der Waals surface area contributed by atoms with Crippen LogP contribution in [0.2, 0.25) is 5.02 Å². The molecule has 0 bridgehead atoms. The predicted molar refractivity (Wildman–Crippen MR) is 103 cm³/mol. The van der Waals surface area contributed by atoms with Gasteiger partial charge in [0.1, 0.15) is 11.5 Å². The first-order valence-corrected chi connectivity index (χ1v) is 9.81. The fourth-order valence-electron chi connectivity index (χ4n) is 2.86. The highest BCUT2D eigenvalue weighted by atomic mass is 35.5. The molecule has 1 unspecified atom stereocenters. The van der Waals surface area contributed by atoms with E-state index in [0.717, 1.165) is 12.5 Å². The Morgan fingerprint density at radius 3 is 2.93 bits per heavy atom. The number of anilines is 1. The number of rotatable bonds is 6. The van der Waals surface area contributed by atoms with Crippen LogP contribution < -0.4 is 5.32 Å². The number of allylic oxidation sites excluding steroid dienone is 1. The third-order valence-electron chi connectivity index (χ3n) is 4.23. The van der Waals surface area contributed by atoms with Crippen LogP contribution >= 0.6 is 23.4 Å². The highest BCUT2D eigenvalue weighted by Gasteiger charge is 2.49. The van der Waals surface area contributed by atoms with Gasteiger partial charge >= 0.3 is 11.9 Å². The number of halogens is 2. The van der Waals surface area contributed by atoms with Crippen molar-refractivity contribution < 1.29 is 23.3 Å². The maximum absolute atomic E-state index is 13.4. The number of carbonyl (C=O) groups is 3. The van der Waals surface area contributed by atoms with E-state index >= 15 is 0 Å². The molecule has 3 rings (SSSR count). The molecule has 2 heterocycles. The first-order valence-electron chi connectivity index (χ1n) is 8.49. The average Bonchev–Trinajstić information content (AvgIpc) is 3.12. The molecule has 0 radical (unpaired) electrons. The molecule has 1 aromatic carbocycles. The summed E-state index contributed by atoms with van der Waals surface area (Å²) in [5, 5.41) is 3.92. The molecule has 0 saturated carbocycles. The molecule has 0 spiro atoms. The lowest BCUT2D eigenvalue weighted by atomic mass is 10.1. The summed E-state index contributed by atoms with van der Waals surface area (Å²) in [7, 11) is 0. The highest BCUT2D eigenvalue weighted by molar-refractivity contribution is 8.04. The number of fused-ring (bicyclic) bond motifs is 1. The zero-order valence-corrected chi connectivity index (χ0v) is 16.1. The maximum atomic E-state index is 13.4. The molecule has 1 atom stereocenters. The van der Waals surface area contributed by atoms with E-state index in [1.165, 1.54) is 33.4 Å². The average molecular weight is 411 g/mol. The molecule has 27 heavy (non-hydrogen) atoms. The number of unbranched alkanes of at least 4 members (excludes halogenated alkanes) is 1. The van der Waals surface area contributed by atoms with E-state index in [9.17, 15) is 18.8 Å². The summed E-state index contributed by atoms with van der Waals surface area (Å²) in [6, 6.07) is 3.11. The van der Waals surface area contributed by atoms with Crippen molar-refractivity contribution in [1.29, 1.82) is 0 Å². The summed E-state index contributed by atoms with van der Waals surface area (Å²) in [5.74, 6) is -1.33. The third-order valence-corrected chi connectivity index (χ3v) is 5.56. The standard InChI is InChI=1S/C18H17ClFN3O3S/c1-2-3-7-22-17(25)16-14(6-8-27-16)23(18(22)26)10-15(24)21-13-9-11(20)4-5-12(13)19/h4-6,8-9,16H,2-3,7,10H2,1H3/p+1. The van der Waals surface area contributed by atoms with Crippen LogP contribution in [-0.4, -0.2) is 51.4 Å². The lowest BCUT2D eigenvalue weighted by Crippen LogP contribution is -2.56. The van der Waals surface area contributed by atoms with E-state index in [0.29, 0.717) is 18.7 Å². The number of hydrogen-bond acceptors (Lipinski definition) is 4. The number of carbonyl (C=O) groups excluding carboxylic acids is 3. The van der Waals surface area contributed by atoms with Crippen molar-refractivity contribution in [2.45, 2.75) is 25.0 Å². The summed E-state index contributed by atoms with van der Waals surface area (Å²) < 4.78 is 14.7. The molecule has 0 aromatic heterocycles. The number of thioether (sulfide) groups is 1. The minimum atomic E-state index is -0.537. The zero-order valence-electron chi connectivity index (χ0n) is 14.6. The Labute approximate surface area is 165 Å². The monoisotopic (exact) mass is 410 g/mol. The SMILES string of the molecule is CCCCN1C(=O)C2SC=CC2=[N+](CC(=O)Nc2cc(F)ccc2Cl)C1=O. The molecule has 6 nitrogen and oxygen atoms in total.